The zero-order chi connectivity index (χ0) is 17.5. The summed E-state index contributed by atoms with van der Waals surface area (Å²) in [5, 5.41) is 0.582. The summed E-state index contributed by atoms with van der Waals surface area (Å²) in [4.78, 5) is 37.6. The van der Waals surface area contributed by atoms with E-state index in [0.29, 0.717) is 41.0 Å². The molecule has 24 heavy (non-hydrogen) atoms. The Morgan fingerprint density at radius 2 is 2.08 bits per heavy atom. The molecule has 3 unspecified atom stereocenters. The number of phosphoric acid groups is 1. The monoisotopic (exact) mass is 392 g/mol. The lowest BCUT2D eigenvalue weighted by Crippen LogP contribution is -2.32. The molecule has 1 aliphatic rings. The van der Waals surface area contributed by atoms with Crippen molar-refractivity contribution in [3.63, 3.8) is 0 Å². The molecule has 1 aliphatic carbocycles. The Hall–Kier alpha value is -0.950. The fourth-order valence-corrected chi connectivity index (χ4v) is 4.08. The number of hydrogen-bond acceptors (Lipinski definition) is 4. The standard InChI is InChI=1S/C14H15Cl2N2O5P/c15-7-1-3-11-9(5-7)14(19)18-13(17-11)10-6-8(16)2-4-12(10)23-24(20,21)22/h1,3,5,8,10,12H,2,4,6H2,(H,17,18,19)(H2,20,21,22). The van der Waals surface area contributed by atoms with E-state index >= 15 is 0 Å². The molecule has 1 fully saturated rings. The molecule has 0 spiro atoms. The maximum absolute atomic E-state index is 12.3. The molecule has 3 rings (SSSR count). The lowest BCUT2D eigenvalue weighted by molar-refractivity contribution is 0.0853. The van der Waals surface area contributed by atoms with Crippen molar-refractivity contribution in [2.45, 2.75) is 36.7 Å². The molecule has 1 aromatic heterocycles. The number of fused-ring (bicyclic) bond motifs is 1. The number of halogens is 2. The first kappa shape index (κ1) is 17.9. The molecule has 1 aromatic carbocycles. The number of nitrogens with zero attached hydrogens (tertiary/aromatic N) is 1. The fourth-order valence-electron chi connectivity index (χ4n) is 2.99. The fraction of sp³-hybridized carbons (Fsp3) is 0.429. The first-order valence-corrected chi connectivity index (χ1v) is 9.65. The highest BCUT2D eigenvalue weighted by Crippen LogP contribution is 2.45. The number of hydrogen-bond donors (Lipinski definition) is 3. The van der Waals surface area contributed by atoms with Crippen LogP contribution in [0.4, 0.5) is 0 Å². The van der Waals surface area contributed by atoms with Crippen molar-refractivity contribution in [3.05, 3.63) is 39.4 Å². The second-order valence-electron chi connectivity index (χ2n) is 5.76. The smallest absolute Gasteiger partial charge is 0.310 e. The lowest BCUT2D eigenvalue weighted by Gasteiger charge is -2.33. The predicted molar refractivity (Wildman–Crippen MR) is 90.5 cm³/mol. The number of benzene rings is 1. The number of alkyl halides is 1. The van der Waals surface area contributed by atoms with Crippen LogP contribution in [0.1, 0.15) is 31.0 Å². The minimum Gasteiger partial charge on any atom is -0.310 e. The van der Waals surface area contributed by atoms with E-state index in [-0.39, 0.29) is 10.9 Å². The van der Waals surface area contributed by atoms with Crippen LogP contribution in [0.25, 0.3) is 10.9 Å². The number of H-pyrrole nitrogens is 1. The van der Waals surface area contributed by atoms with Gasteiger partial charge in [-0.3, -0.25) is 9.32 Å². The molecular weight excluding hydrogens is 378 g/mol. The second kappa shape index (κ2) is 6.75. The van der Waals surface area contributed by atoms with Gasteiger partial charge >= 0.3 is 7.82 Å². The van der Waals surface area contributed by atoms with Crippen molar-refractivity contribution in [2.24, 2.45) is 0 Å². The molecule has 1 heterocycles. The van der Waals surface area contributed by atoms with Crippen LogP contribution in [0.15, 0.2) is 23.0 Å². The topological polar surface area (TPSA) is 113 Å². The molecule has 2 aromatic rings. The summed E-state index contributed by atoms with van der Waals surface area (Å²) in [5.41, 5.74) is 0.0777. The van der Waals surface area contributed by atoms with Gasteiger partial charge in [-0.05, 0) is 37.5 Å². The minimum atomic E-state index is -4.66. The number of phosphoric ester groups is 1. The molecule has 1 saturated carbocycles. The Morgan fingerprint density at radius 3 is 2.79 bits per heavy atom. The average molecular weight is 393 g/mol. The third kappa shape index (κ3) is 3.99. The molecule has 3 N–H and O–H groups in total. The third-order valence-electron chi connectivity index (χ3n) is 4.03. The van der Waals surface area contributed by atoms with Gasteiger partial charge in [-0.2, -0.15) is 0 Å². The summed E-state index contributed by atoms with van der Waals surface area (Å²) in [5.74, 6) is -0.208. The average Bonchev–Trinajstić information content (AvgIpc) is 2.48. The first-order valence-electron chi connectivity index (χ1n) is 7.30. The molecule has 0 saturated heterocycles. The van der Waals surface area contributed by atoms with Crippen LogP contribution in [-0.2, 0) is 9.09 Å². The highest BCUT2D eigenvalue weighted by Gasteiger charge is 2.37. The number of aromatic nitrogens is 2. The largest absolute Gasteiger partial charge is 0.469 e. The number of rotatable bonds is 3. The molecule has 0 bridgehead atoms. The van der Waals surface area contributed by atoms with E-state index in [1.165, 1.54) is 6.07 Å². The van der Waals surface area contributed by atoms with Gasteiger partial charge in [0.2, 0.25) is 0 Å². The quantitative estimate of drug-likeness (QED) is 0.546. The molecule has 0 radical (unpaired) electrons. The lowest BCUT2D eigenvalue weighted by atomic mass is 9.85. The zero-order valence-electron chi connectivity index (χ0n) is 12.4. The Labute approximate surface area is 147 Å². The Kier molecular flexibility index (Phi) is 5.02. The predicted octanol–water partition coefficient (Wildman–Crippen LogP) is 2.93. The minimum absolute atomic E-state index is 0.183. The van der Waals surface area contributed by atoms with Gasteiger partial charge in [0.1, 0.15) is 5.82 Å². The van der Waals surface area contributed by atoms with Gasteiger partial charge in [-0.15, -0.1) is 11.6 Å². The van der Waals surface area contributed by atoms with E-state index in [1.807, 2.05) is 0 Å². The Bertz CT molecular complexity index is 868. The van der Waals surface area contributed by atoms with Gasteiger partial charge < -0.3 is 14.8 Å². The maximum Gasteiger partial charge on any atom is 0.469 e. The van der Waals surface area contributed by atoms with E-state index in [2.05, 4.69) is 9.97 Å². The van der Waals surface area contributed by atoms with Gasteiger partial charge in [0, 0.05) is 16.3 Å². The van der Waals surface area contributed by atoms with Gasteiger partial charge in [0.25, 0.3) is 5.56 Å². The van der Waals surface area contributed by atoms with Gasteiger partial charge in [-0.25, -0.2) is 9.55 Å². The summed E-state index contributed by atoms with van der Waals surface area (Å²) in [7, 11) is -4.66. The van der Waals surface area contributed by atoms with Crippen molar-refractivity contribution in [1.82, 2.24) is 9.97 Å². The van der Waals surface area contributed by atoms with Crippen LogP contribution in [-0.4, -0.2) is 31.2 Å². The normalized spacial score (nSPS) is 25.1. The van der Waals surface area contributed by atoms with Crippen molar-refractivity contribution in [1.29, 1.82) is 0 Å². The van der Waals surface area contributed by atoms with Crippen molar-refractivity contribution in [2.75, 3.05) is 0 Å². The van der Waals surface area contributed by atoms with Crippen LogP contribution in [0, 0.1) is 0 Å². The number of aromatic amines is 1. The van der Waals surface area contributed by atoms with Crippen LogP contribution in [0.2, 0.25) is 5.02 Å². The van der Waals surface area contributed by atoms with E-state index in [9.17, 15) is 9.36 Å². The SMILES string of the molecule is O=c1[nH]c(C2CC(Cl)CCC2OP(=O)(O)O)nc2ccc(Cl)cc12. The zero-order valence-corrected chi connectivity index (χ0v) is 14.8. The maximum atomic E-state index is 12.3. The van der Waals surface area contributed by atoms with Gasteiger partial charge in [0.15, 0.2) is 0 Å². The summed E-state index contributed by atoms with van der Waals surface area (Å²) in [6.07, 6.45) is 0.560. The Balaban J connectivity index is 2.03. The van der Waals surface area contributed by atoms with E-state index < -0.39 is 19.8 Å². The van der Waals surface area contributed by atoms with Crippen LogP contribution >= 0.6 is 31.0 Å². The molecule has 7 nitrogen and oxygen atoms in total. The molecule has 0 amide bonds. The molecule has 0 aliphatic heterocycles. The van der Waals surface area contributed by atoms with E-state index in [0.717, 1.165) is 0 Å². The van der Waals surface area contributed by atoms with Crippen molar-refractivity contribution in [3.8, 4) is 0 Å². The third-order valence-corrected chi connectivity index (χ3v) is 5.21. The van der Waals surface area contributed by atoms with Crippen LogP contribution in [0.3, 0.4) is 0 Å². The highest BCUT2D eigenvalue weighted by molar-refractivity contribution is 7.46. The second-order valence-corrected chi connectivity index (χ2v) is 8.01. The van der Waals surface area contributed by atoms with Gasteiger partial charge in [-0.1, -0.05) is 11.6 Å². The summed E-state index contributed by atoms with van der Waals surface area (Å²) in [6, 6.07) is 4.76. The Morgan fingerprint density at radius 1 is 1.33 bits per heavy atom. The molecular formula is C14H15Cl2N2O5P. The molecule has 3 atom stereocenters. The van der Waals surface area contributed by atoms with Gasteiger partial charge in [0.05, 0.1) is 17.0 Å². The highest BCUT2D eigenvalue weighted by atomic mass is 35.5. The van der Waals surface area contributed by atoms with E-state index in [1.54, 1.807) is 12.1 Å². The summed E-state index contributed by atoms with van der Waals surface area (Å²) >= 11 is 12.1. The first-order chi connectivity index (χ1) is 11.2. The van der Waals surface area contributed by atoms with Crippen LogP contribution < -0.4 is 5.56 Å². The molecule has 10 heteroatoms. The van der Waals surface area contributed by atoms with Crippen LogP contribution in [0.5, 0.6) is 0 Å². The number of nitrogens with one attached hydrogen (secondary N) is 1. The summed E-state index contributed by atoms with van der Waals surface area (Å²) in [6.45, 7) is 0. The van der Waals surface area contributed by atoms with E-state index in [4.69, 9.17) is 37.5 Å². The van der Waals surface area contributed by atoms with Crippen molar-refractivity contribution < 1.29 is 18.9 Å². The summed E-state index contributed by atoms with van der Waals surface area (Å²) < 4.78 is 16.1. The molecule has 130 valence electrons. The van der Waals surface area contributed by atoms with Crippen molar-refractivity contribution >= 4 is 41.9 Å².